The number of nitrogens with zero attached hydrogens (tertiary/aromatic N) is 1. The highest BCUT2D eigenvalue weighted by Gasteiger charge is 2.31. The number of halogens is 4. The van der Waals surface area contributed by atoms with Gasteiger partial charge in [0.1, 0.15) is 5.75 Å². The zero-order chi connectivity index (χ0) is 26.6. The number of amides is 2. The lowest BCUT2D eigenvalue weighted by Crippen LogP contribution is -2.33. The predicted molar refractivity (Wildman–Crippen MR) is 136 cm³/mol. The Bertz CT molecular complexity index is 1270. The Labute approximate surface area is 218 Å². The molecule has 1 saturated carbocycles. The van der Waals surface area contributed by atoms with Crippen molar-refractivity contribution in [3.05, 3.63) is 94.0 Å². The van der Waals surface area contributed by atoms with Crippen LogP contribution in [0.3, 0.4) is 0 Å². The van der Waals surface area contributed by atoms with Gasteiger partial charge in [0, 0.05) is 25.0 Å². The molecule has 0 atom stereocenters. The van der Waals surface area contributed by atoms with E-state index >= 15 is 0 Å². The summed E-state index contributed by atoms with van der Waals surface area (Å²) in [6.45, 7) is 1.83. The molecule has 37 heavy (non-hydrogen) atoms. The topological polar surface area (TPSA) is 58.6 Å². The summed E-state index contributed by atoms with van der Waals surface area (Å²) < 4.78 is 42.0. The van der Waals surface area contributed by atoms with Crippen LogP contribution in [0.25, 0.3) is 0 Å². The van der Waals surface area contributed by atoms with Crippen molar-refractivity contribution < 1.29 is 27.5 Å². The molecule has 9 heteroatoms. The van der Waals surface area contributed by atoms with Crippen LogP contribution in [0, 0.1) is 0 Å². The maximum absolute atomic E-state index is 13.7. The lowest BCUT2D eigenvalue weighted by Gasteiger charge is -2.25. The minimum absolute atomic E-state index is 0.213. The first kappa shape index (κ1) is 26.5. The van der Waals surface area contributed by atoms with Gasteiger partial charge in [-0.2, -0.15) is 0 Å². The van der Waals surface area contributed by atoms with Crippen molar-refractivity contribution in [2.75, 3.05) is 11.9 Å². The average molecular weight is 531 g/mol. The highest BCUT2D eigenvalue weighted by Crippen LogP contribution is 2.40. The van der Waals surface area contributed by atoms with E-state index in [4.69, 9.17) is 11.6 Å². The normalized spacial score (nSPS) is 13.2. The molecule has 0 aromatic heterocycles. The standard InChI is InChI=1S/C28H26ClF3N2O3/c1-18(35)33-26-12-11-23(29)16-25(26)27(36)34(17-20-5-7-21(8-6-20)22-9-10-22)14-13-19-3-2-4-24(15-19)37-28(30,31)32/h2-8,11-12,15-16,22H,9-10,13-14,17H2,1H3,(H,33,35). The van der Waals surface area contributed by atoms with Crippen LogP contribution >= 0.6 is 11.6 Å². The SMILES string of the molecule is CC(=O)Nc1ccc(Cl)cc1C(=O)N(CCc1cccc(OC(F)(F)F)c1)Cc1ccc(C2CC2)cc1. The van der Waals surface area contributed by atoms with Crippen molar-refractivity contribution in [3.63, 3.8) is 0 Å². The van der Waals surface area contributed by atoms with Gasteiger partial charge in [0.15, 0.2) is 0 Å². The largest absolute Gasteiger partial charge is 0.573 e. The molecule has 0 unspecified atom stereocenters. The Morgan fingerprint density at radius 3 is 2.41 bits per heavy atom. The Balaban J connectivity index is 1.58. The minimum atomic E-state index is -4.79. The number of rotatable bonds is 9. The molecule has 1 fully saturated rings. The third-order valence-electron chi connectivity index (χ3n) is 6.01. The first-order chi connectivity index (χ1) is 17.6. The van der Waals surface area contributed by atoms with E-state index in [2.05, 4.69) is 22.2 Å². The van der Waals surface area contributed by atoms with Crippen LogP contribution in [0.5, 0.6) is 5.75 Å². The van der Waals surface area contributed by atoms with Crippen molar-refractivity contribution in [1.29, 1.82) is 0 Å². The second-order valence-electron chi connectivity index (χ2n) is 9.06. The number of hydrogen-bond acceptors (Lipinski definition) is 3. The first-order valence-corrected chi connectivity index (χ1v) is 12.2. The lowest BCUT2D eigenvalue weighted by molar-refractivity contribution is -0.274. The van der Waals surface area contributed by atoms with Gasteiger partial charge in [0.05, 0.1) is 11.3 Å². The Kier molecular flexibility index (Phi) is 8.07. The Morgan fingerprint density at radius 1 is 1.03 bits per heavy atom. The number of carbonyl (C=O) groups excluding carboxylic acids is 2. The van der Waals surface area contributed by atoms with Crippen LogP contribution in [0.2, 0.25) is 5.02 Å². The summed E-state index contributed by atoms with van der Waals surface area (Å²) in [4.78, 5) is 27.0. The van der Waals surface area contributed by atoms with E-state index in [0.29, 0.717) is 22.2 Å². The summed E-state index contributed by atoms with van der Waals surface area (Å²) in [7, 11) is 0. The quantitative estimate of drug-likeness (QED) is 0.325. The third-order valence-corrected chi connectivity index (χ3v) is 6.25. The zero-order valence-corrected chi connectivity index (χ0v) is 20.9. The Hall–Kier alpha value is -3.52. The van der Waals surface area contributed by atoms with Crippen molar-refractivity contribution in [2.45, 2.75) is 45.0 Å². The molecule has 0 aliphatic heterocycles. The average Bonchev–Trinajstić information content (AvgIpc) is 3.67. The molecule has 1 aliphatic carbocycles. The highest BCUT2D eigenvalue weighted by molar-refractivity contribution is 6.31. The fraction of sp³-hybridized carbons (Fsp3) is 0.286. The smallest absolute Gasteiger partial charge is 0.406 e. The van der Waals surface area contributed by atoms with Gasteiger partial charge in [-0.3, -0.25) is 9.59 Å². The predicted octanol–water partition coefficient (Wildman–Crippen LogP) is 6.96. The molecule has 2 amide bonds. The maximum atomic E-state index is 13.7. The van der Waals surface area contributed by atoms with E-state index < -0.39 is 6.36 Å². The number of nitrogens with one attached hydrogen (secondary N) is 1. The molecule has 1 aliphatic rings. The maximum Gasteiger partial charge on any atom is 0.573 e. The van der Waals surface area contributed by atoms with Gasteiger partial charge in [-0.25, -0.2) is 0 Å². The molecule has 3 aromatic rings. The van der Waals surface area contributed by atoms with E-state index in [1.54, 1.807) is 23.1 Å². The molecule has 5 nitrogen and oxygen atoms in total. The van der Waals surface area contributed by atoms with Crippen LogP contribution in [0.15, 0.2) is 66.7 Å². The number of carbonyl (C=O) groups is 2. The second kappa shape index (κ2) is 11.3. The highest BCUT2D eigenvalue weighted by atomic mass is 35.5. The number of ether oxygens (including phenoxy) is 1. The number of alkyl halides is 3. The molecular weight excluding hydrogens is 505 g/mol. The molecule has 4 rings (SSSR count). The van der Waals surface area contributed by atoms with Crippen molar-refractivity contribution in [2.24, 2.45) is 0 Å². The van der Waals surface area contributed by atoms with Gasteiger partial charge in [0.2, 0.25) is 5.91 Å². The van der Waals surface area contributed by atoms with Crippen molar-refractivity contribution in [1.82, 2.24) is 4.90 Å². The van der Waals surface area contributed by atoms with Gasteiger partial charge >= 0.3 is 6.36 Å². The molecule has 0 heterocycles. The van der Waals surface area contributed by atoms with Gasteiger partial charge in [-0.15, -0.1) is 13.2 Å². The Morgan fingerprint density at radius 2 is 1.76 bits per heavy atom. The van der Waals surface area contributed by atoms with Crippen LogP contribution < -0.4 is 10.1 Å². The van der Waals surface area contributed by atoms with Crippen LogP contribution in [-0.2, 0) is 17.8 Å². The molecule has 0 bridgehead atoms. The molecule has 1 N–H and O–H groups in total. The van der Waals surface area contributed by atoms with Gasteiger partial charge in [-0.1, -0.05) is 48.0 Å². The van der Waals surface area contributed by atoms with Crippen LogP contribution in [0.4, 0.5) is 18.9 Å². The third kappa shape index (κ3) is 7.73. The summed E-state index contributed by atoms with van der Waals surface area (Å²) in [5.74, 6) is -0.411. The zero-order valence-electron chi connectivity index (χ0n) is 20.1. The molecular formula is C28H26ClF3N2O3. The van der Waals surface area contributed by atoms with Crippen molar-refractivity contribution in [3.8, 4) is 5.75 Å². The molecule has 0 radical (unpaired) electrons. The summed E-state index contributed by atoms with van der Waals surface area (Å²) in [6.07, 6.45) is -2.14. The molecule has 0 saturated heterocycles. The fourth-order valence-corrected chi connectivity index (χ4v) is 4.28. The van der Waals surface area contributed by atoms with Gasteiger partial charge in [0.25, 0.3) is 5.91 Å². The fourth-order valence-electron chi connectivity index (χ4n) is 4.11. The monoisotopic (exact) mass is 530 g/mol. The van der Waals surface area contributed by atoms with Crippen molar-refractivity contribution >= 4 is 29.1 Å². The van der Waals surface area contributed by atoms with E-state index in [1.165, 1.54) is 49.6 Å². The number of hydrogen-bond donors (Lipinski definition) is 1. The minimum Gasteiger partial charge on any atom is -0.406 e. The first-order valence-electron chi connectivity index (χ1n) is 11.9. The lowest BCUT2D eigenvalue weighted by atomic mass is 10.1. The number of benzene rings is 3. The summed E-state index contributed by atoms with van der Waals surface area (Å²) in [5, 5.41) is 3.00. The molecule has 3 aromatic carbocycles. The van der Waals surface area contributed by atoms with E-state index in [0.717, 1.165) is 5.56 Å². The molecule has 194 valence electrons. The summed E-state index contributed by atoms with van der Waals surface area (Å²) in [5.41, 5.74) is 3.32. The van der Waals surface area contributed by atoms with Gasteiger partial charge in [-0.05, 0) is 72.2 Å². The van der Waals surface area contributed by atoms with Crippen LogP contribution in [-0.4, -0.2) is 29.6 Å². The van der Waals surface area contributed by atoms with Crippen LogP contribution in [0.1, 0.15) is 52.7 Å². The second-order valence-corrected chi connectivity index (χ2v) is 9.50. The van der Waals surface area contributed by atoms with E-state index in [-0.39, 0.29) is 42.6 Å². The molecule has 0 spiro atoms. The van der Waals surface area contributed by atoms with Gasteiger partial charge < -0.3 is 15.0 Å². The summed E-state index contributed by atoms with van der Waals surface area (Å²) >= 11 is 6.17. The number of anilines is 1. The van der Waals surface area contributed by atoms with E-state index in [9.17, 15) is 22.8 Å². The summed E-state index contributed by atoms with van der Waals surface area (Å²) in [6, 6.07) is 18.4. The van der Waals surface area contributed by atoms with E-state index in [1.807, 2.05) is 12.1 Å².